The second kappa shape index (κ2) is 9.76. The van der Waals surface area contributed by atoms with Crippen molar-refractivity contribution in [1.29, 1.82) is 0 Å². The number of hydrogen-bond acceptors (Lipinski definition) is 3. The molecule has 2 aromatic rings. The molecule has 0 aliphatic heterocycles. The summed E-state index contributed by atoms with van der Waals surface area (Å²) in [5.74, 6) is 0.239. The standard InChI is InChI=1S/C26H40O3Si2/c1-25(2,3)30(7,8)29-21-22(27)19-20-28-31(26(4,5)6,23-15-11-9-12-16-23)24-17-13-10-14-18-24/h9-18,21,27H,19-20H2,1-8H3/b22-21+. The second-order valence-corrected chi connectivity index (χ2v) is 19.8. The third-order valence-corrected chi connectivity index (χ3v) is 15.8. The lowest BCUT2D eigenvalue weighted by molar-refractivity contribution is 0.263. The number of benzene rings is 2. The first-order valence-corrected chi connectivity index (χ1v) is 15.9. The van der Waals surface area contributed by atoms with Crippen LogP contribution in [0, 0.1) is 0 Å². The Morgan fingerprint density at radius 1 is 0.806 bits per heavy atom. The van der Waals surface area contributed by atoms with Gasteiger partial charge in [-0.05, 0) is 33.5 Å². The van der Waals surface area contributed by atoms with Gasteiger partial charge in [0.05, 0.1) is 0 Å². The zero-order valence-corrected chi connectivity index (χ0v) is 22.5. The van der Waals surface area contributed by atoms with E-state index in [4.69, 9.17) is 8.85 Å². The molecule has 0 saturated heterocycles. The predicted octanol–water partition coefficient (Wildman–Crippen LogP) is 6.37. The highest BCUT2D eigenvalue weighted by atomic mass is 28.4. The Labute approximate surface area is 191 Å². The minimum atomic E-state index is -2.58. The van der Waals surface area contributed by atoms with Gasteiger partial charge >= 0.3 is 0 Å². The van der Waals surface area contributed by atoms with E-state index in [9.17, 15) is 5.11 Å². The monoisotopic (exact) mass is 456 g/mol. The first-order valence-electron chi connectivity index (χ1n) is 11.1. The van der Waals surface area contributed by atoms with Crippen LogP contribution in [0.4, 0.5) is 0 Å². The van der Waals surface area contributed by atoms with Crippen LogP contribution in [0.3, 0.4) is 0 Å². The molecule has 2 rings (SSSR count). The highest BCUT2D eigenvalue weighted by Crippen LogP contribution is 2.38. The molecule has 0 aromatic heterocycles. The number of aliphatic hydroxyl groups is 1. The van der Waals surface area contributed by atoms with Gasteiger partial charge in [-0.25, -0.2) is 0 Å². The van der Waals surface area contributed by atoms with Gasteiger partial charge < -0.3 is 14.0 Å². The Hall–Kier alpha value is -1.83. The molecule has 0 fully saturated rings. The minimum Gasteiger partial charge on any atom is -0.546 e. The van der Waals surface area contributed by atoms with Crippen LogP contribution in [-0.4, -0.2) is 28.3 Å². The van der Waals surface area contributed by atoms with Gasteiger partial charge in [0.15, 0.2) is 0 Å². The topological polar surface area (TPSA) is 38.7 Å². The van der Waals surface area contributed by atoms with Gasteiger partial charge in [0, 0.05) is 13.0 Å². The van der Waals surface area contributed by atoms with Crippen LogP contribution in [-0.2, 0) is 8.85 Å². The van der Waals surface area contributed by atoms with Gasteiger partial charge in [-0.15, -0.1) is 0 Å². The molecule has 0 unspecified atom stereocenters. The van der Waals surface area contributed by atoms with Crippen molar-refractivity contribution in [2.24, 2.45) is 0 Å². The normalized spacial score (nSPS) is 13.9. The fourth-order valence-electron chi connectivity index (χ4n) is 3.52. The second-order valence-electron chi connectivity index (χ2n) is 10.7. The van der Waals surface area contributed by atoms with Crippen LogP contribution in [0.1, 0.15) is 48.0 Å². The quantitative estimate of drug-likeness (QED) is 0.370. The zero-order valence-electron chi connectivity index (χ0n) is 20.5. The van der Waals surface area contributed by atoms with E-state index >= 15 is 0 Å². The molecule has 2 aromatic carbocycles. The third kappa shape index (κ3) is 5.90. The van der Waals surface area contributed by atoms with Crippen molar-refractivity contribution < 1.29 is 14.0 Å². The summed E-state index contributed by atoms with van der Waals surface area (Å²) in [6, 6.07) is 21.1. The molecule has 0 aliphatic rings. The van der Waals surface area contributed by atoms with Crippen molar-refractivity contribution in [3.63, 3.8) is 0 Å². The van der Waals surface area contributed by atoms with Crippen LogP contribution in [0.15, 0.2) is 72.7 Å². The van der Waals surface area contributed by atoms with E-state index in [1.807, 2.05) is 12.1 Å². The molecule has 0 spiro atoms. The van der Waals surface area contributed by atoms with Crippen LogP contribution < -0.4 is 10.4 Å². The van der Waals surface area contributed by atoms with E-state index < -0.39 is 16.6 Å². The molecular weight excluding hydrogens is 416 g/mol. The Balaban J connectivity index is 2.29. The summed E-state index contributed by atoms with van der Waals surface area (Å²) < 4.78 is 12.9. The first kappa shape index (κ1) is 25.4. The van der Waals surface area contributed by atoms with Gasteiger partial charge in [-0.1, -0.05) is 102 Å². The van der Waals surface area contributed by atoms with Crippen molar-refractivity contribution in [2.45, 2.75) is 71.1 Å². The summed E-state index contributed by atoms with van der Waals surface area (Å²) in [5.41, 5.74) is 0. The van der Waals surface area contributed by atoms with Crippen LogP contribution in [0.2, 0.25) is 23.2 Å². The van der Waals surface area contributed by atoms with Gasteiger partial charge in [0.1, 0.15) is 12.0 Å². The fourth-order valence-corrected chi connectivity index (χ4v) is 8.87. The molecule has 1 N–H and O–H groups in total. The van der Waals surface area contributed by atoms with E-state index in [1.165, 1.54) is 10.4 Å². The smallest absolute Gasteiger partial charge is 0.261 e. The molecule has 3 nitrogen and oxygen atoms in total. The van der Waals surface area contributed by atoms with E-state index in [1.54, 1.807) is 6.26 Å². The van der Waals surface area contributed by atoms with E-state index in [0.29, 0.717) is 13.0 Å². The largest absolute Gasteiger partial charge is 0.546 e. The molecule has 31 heavy (non-hydrogen) atoms. The maximum atomic E-state index is 10.5. The average molecular weight is 457 g/mol. The summed E-state index contributed by atoms with van der Waals surface area (Å²) in [4.78, 5) is 0. The summed E-state index contributed by atoms with van der Waals surface area (Å²) in [6.45, 7) is 18.1. The zero-order chi connectivity index (χ0) is 23.3. The minimum absolute atomic E-state index is 0.0767. The summed E-state index contributed by atoms with van der Waals surface area (Å²) in [6.07, 6.45) is 1.98. The number of rotatable bonds is 8. The number of hydrogen-bond donors (Lipinski definition) is 1. The average Bonchev–Trinajstić information content (AvgIpc) is 2.69. The van der Waals surface area contributed by atoms with Crippen molar-refractivity contribution in [2.75, 3.05) is 6.61 Å². The van der Waals surface area contributed by atoms with Gasteiger partial charge in [-0.2, -0.15) is 0 Å². The lowest BCUT2D eigenvalue weighted by Crippen LogP contribution is -2.66. The summed E-state index contributed by atoms with van der Waals surface area (Å²) in [7, 11) is -4.52. The number of aliphatic hydroxyl groups excluding tert-OH is 1. The van der Waals surface area contributed by atoms with Crippen molar-refractivity contribution in [1.82, 2.24) is 0 Å². The van der Waals surface area contributed by atoms with E-state index in [-0.39, 0.29) is 15.8 Å². The van der Waals surface area contributed by atoms with E-state index in [2.05, 4.69) is 103 Å². The fraction of sp³-hybridized carbons (Fsp3) is 0.462. The maximum absolute atomic E-state index is 10.5. The summed E-state index contributed by atoms with van der Waals surface area (Å²) in [5, 5.41) is 13.0. The molecule has 0 aliphatic carbocycles. The van der Waals surface area contributed by atoms with Gasteiger partial charge in [0.2, 0.25) is 8.32 Å². The Bertz CT molecular complexity index is 808. The molecule has 0 amide bonds. The van der Waals surface area contributed by atoms with Crippen LogP contribution in [0.5, 0.6) is 0 Å². The molecule has 0 bridgehead atoms. The summed E-state index contributed by atoms with van der Waals surface area (Å²) >= 11 is 0. The van der Waals surface area contributed by atoms with Crippen molar-refractivity contribution in [3.8, 4) is 0 Å². The van der Waals surface area contributed by atoms with Crippen molar-refractivity contribution in [3.05, 3.63) is 72.7 Å². The maximum Gasteiger partial charge on any atom is 0.261 e. The molecule has 0 radical (unpaired) electrons. The highest BCUT2D eigenvalue weighted by molar-refractivity contribution is 6.99. The predicted molar refractivity (Wildman–Crippen MR) is 137 cm³/mol. The van der Waals surface area contributed by atoms with Crippen LogP contribution in [0.25, 0.3) is 0 Å². The van der Waals surface area contributed by atoms with Gasteiger partial charge in [0.25, 0.3) is 8.32 Å². The molecule has 0 heterocycles. The molecular formula is C26H40O3Si2. The molecule has 170 valence electrons. The Morgan fingerprint density at radius 3 is 1.65 bits per heavy atom. The third-order valence-electron chi connectivity index (χ3n) is 6.39. The molecule has 0 saturated carbocycles. The SMILES string of the molecule is CC(C)(C)[Si](C)(C)O/C=C(/O)CCO[Si](c1ccccc1)(c1ccccc1)C(C)(C)C. The highest BCUT2D eigenvalue weighted by Gasteiger charge is 2.50. The molecule has 5 heteroatoms. The van der Waals surface area contributed by atoms with E-state index in [0.717, 1.165) is 0 Å². The molecule has 0 atom stereocenters. The lowest BCUT2D eigenvalue weighted by atomic mass is 10.2. The Kier molecular flexibility index (Phi) is 8.01. The Morgan fingerprint density at radius 2 is 1.26 bits per heavy atom. The van der Waals surface area contributed by atoms with Crippen molar-refractivity contribution >= 4 is 27.0 Å². The lowest BCUT2D eigenvalue weighted by Gasteiger charge is -2.43. The van der Waals surface area contributed by atoms with Crippen LogP contribution >= 0.6 is 0 Å². The first-order chi connectivity index (χ1) is 14.3. The van der Waals surface area contributed by atoms with Gasteiger partial charge in [-0.3, -0.25) is 0 Å².